The van der Waals surface area contributed by atoms with Crippen LogP contribution in [0.3, 0.4) is 0 Å². The third kappa shape index (κ3) is 4.01. The van der Waals surface area contributed by atoms with Crippen LogP contribution < -0.4 is 19.1 Å². The zero-order valence-electron chi connectivity index (χ0n) is 19.4. The van der Waals surface area contributed by atoms with E-state index in [2.05, 4.69) is 0 Å². The summed E-state index contributed by atoms with van der Waals surface area (Å²) in [6.07, 6.45) is 2.33. The summed E-state index contributed by atoms with van der Waals surface area (Å²) in [6, 6.07) is 12.6. The Bertz CT molecular complexity index is 1310. The maximum atomic E-state index is 13.3. The van der Waals surface area contributed by atoms with Crippen molar-refractivity contribution in [3.05, 3.63) is 77.3 Å². The summed E-state index contributed by atoms with van der Waals surface area (Å²) in [5, 5.41) is 11.3. The van der Waals surface area contributed by atoms with E-state index in [1.807, 2.05) is 13.8 Å². The number of benzene rings is 2. The summed E-state index contributed by atoms with van der Waals surface area (Å²) in [4.78, 5) is 27.8. The molecule has 0 aliphatic carbocycles. The van der Waals surface area contributed by atoms with Gasteiger partial charge in [0.2, 0.25) is 0 Å². The molecule has 1 unspecified atom stereocenters. The Morgan fingerprint density at radius 2 is 1.89 bits per heavy atom. The van der Waals surface area contributed by atoms with Crippen molar-refractivity contribution in [1.82, 2.24) is 0 Å². The van der Waals surface area contributed by atoms with Crippen LogP contribution in [0.15, 0.2) is 64.8 Å². The van der Waals surface area contributed by atoms with Crippen LogP contribution in [-0.2, 0) is 9.59 Å². The number of ketones is 1. The van der Waals surface area contributed by atoms with Crippen LogP contribution in [0.4, 0.5) is 5.69 Å². The van der Waals surface area contributed by atoms with Crippen LogP contribution >= 0.6 is 0 Å². The SMILES string of the molecule is CCCOc1ccc(/C(O)=C2/C(=O)C(=O)N(c3ccc4c(c3)OCCO4)C2c2ccco2)cc1C. The largest absolute Gasteiger partial charge is 0.507 e. The molecule has 2 aromatic carbocycles. The maximum absolute atomic E-state index is 13.3. The number of carbonyl (C=O) groups excluding carboxylic acids is 2. The van der Waals surface area contributed by atoms with Gasteiger partial charge in [0.1, 0.15) is 36.5 Å². The van der Waals surface area contributed by atoms with Crippen LogP contribution in [-0.4, -0.2) is 36.6 Å². The number of aliphatic hydroxyl groups excluding tert-OH is 1. The van der Waals surface area contributed by atoms with Gasteiger partial charge in [-0.15, -0.1) is 0 Å². The number of aryl methyl sites for hydroxylation is 1. The van der Waals surface area contributed by atoms with Crippen LogP contribution in [0.2, 0.25) is 0 Å². The molecule has 180 valence electrons. The lowest BCUT2D eigenvalue weighted by Crippen LogP contribution is -2.29. The lowest BCUT2D eigenvalue weighted by Gasteiger charge is -2.25. The Hall–Kier alpha value is -4.20. The number of nitrogens with zero attached hydrogens (tertiary/aromatic N) is 1. The Morgan fingerprint density at radius 3 is 2.60 bits per heavy atom. The van der Waals surface area contributed by atoms with E-state index in [0.717, 1.165) is 12.0 Å². The number of ether oxygens (including phenoxy) is 3. The van der Waals surface area contributed by atoms with Gasteiger partial charge in [-0.25, -0.2) is 0 Å². The third-order valence-electron chi connectivity index (χ3n) is 5.97. The standard InChI is InChI=1S/C27H25NO7/c1-3-10-32-19-8-6-17(14-16(19)2)25(29)23-24(21-5-4-11-33-21)28(27(31)26(23)30)18-7-9-20-22(15-18)35-13-12-34-20/h4-9,11,14-15,24,29H,3,10,12-13H2,1-2H3/b25-23-. The summed E-state index contributed by atoms with van der Waals surface area (Å²) in [6.45, 7) is 5.27. The van der Waals surface area contributed by atoms with Gasteiger partial charge in [-0.1, -0.05) is 6.92 Å². The maximum Gasteiger partial charge on any atom is 0.300 e. The highest BCUT2D eigenvalue weighted by atomic mass is 16.6. The number of aliphatic hydroxyl groups is 1. The molecule has 0 saturated carbocycles. The molecule has 1 fully saturated rings. The molecule has 0 radical (unpaired) electrons. The summed E-state index contributed by atoms with van der Waals surface area (Å²) in [7, 11) is 0. The minimum atomic E-state index is -0.955. The molecule has 1 N–H and O–H groups in total. The van der Waals surface area contributed by atoms with Crippen molar-refractivity contribution >= 4 is 23.1 Å². The molecule has 8 heteroatoms. The van der Waals surface area contributed by atoms with Gasteiger partial charge < -0.3 is 23.7 Å². The first-order chi connectivity index (χ1) is 17.0. The van der Waals surface area contributed by atoms with E-state index < -0.39 is 17.7 Å². The molecule has 2 aliphatic rings. The molecule has 1 atom stereocenters. The Labute approximate surface area is 202 Å². The number of Topliss-reactive ketones (excluding diaryl/α,β-unsaturated/α-hetero) is 1. The predicted octanol–water partition coefficient (Wildman–Crippen LogP) is 4.77. The molecule has 5 rings (SSSR count). The molecule has 2 aliphatic heterocycles. The number of anilines is 1. The fourth-order valence-corrected chi connectivity index (χ4v) is 4.32. The van der Waals surface area contributed by atoms with Gasteiger partial charge in [0.25, 0.3) is 11.7 Å². The number of amides is 1. The first-order valence-electron chi connectivity index (χ1n) is 11.5. The van der Waals surface area contributed by atoms with Gasteiger partial charge in [-0.3, -0.25) is 14.5 Å². The highest BCUT2D eigenvalue weighted by Gasteiger charge is 2.48. The monoisotopic (exact) mass is 475 g/mol. The fraction of sp³-hybridized carbons (Fsp3) is 0.259. The summed E-state index contributed by atoms with van der Waals surface area (Å²) in [5.74, 6) is 0.226. The number of hydrogen-bond acceptors (Lipinski definition) is 7. The lowest BCUT2D eigenvalue weighted by molar-refractivity contribution is -0.132. The average Bonchev–Trinajstić information content (AvgIpc) is 3.49. The molecule has 8 nitrogen and oxygen atoms in total. The molecule has 1 amide bonds. The second-order valence-electron chi connectivity index (χ2n) is 8.34. The molecular weight excluding hydrogens is 450 g/mol. The molecule has 35 heavy (non-hydrogen) atoms. The Balaban J connectivity index is 1.61. The molecular formula is C27H25NO7. The zero-order chi connectivity index (χ0) is 24.5. The zero-order valence-corrected chi connectivity index (χ0v) is 19.4. The second-order valence-corrected chi connectivity index (χ2v) is 8.34. The highest BCUT2D eigenvalue weighted by Crippen LogP contribution is 2.44. The minimum absolute atomic E-state index is 0.0542. The lowest BCUT2D eigenvalue weighted by atomic mass is 9.98. The summed E-state index contributed by atoms with van der Waals surface area (Å²) >= 11 is 0. The molecule has 3 heterocycles. The van der Waals surface area contributed by atoms with Gasteiger partial charge in [-0.2, -0.15) is 0 Å². The summed E-state index contributed by atoms with van der Waals surface area (Å²) < 4.78 is 22.6. The van der Waals surface area contributed by atoms with E-state index in [1.165, 1.54) is 11.2 Å². The number of fused-ring (bicyclic) bond motifs is 1. The molecule has 3 aromatic rings. The van der Waals surface area contributed by atoms with E-state index in [1.54, 1.807) is 48.5 Å². The smallest absolute Gasteiger partial charge is 0.300 e. The second kappa shape index (κ2) is 9.21. The molecule has 0 bridgehead atoms. The predicted molar refractivity (Wildman–Crippen MR) is 128 cm³/mol. The first-order valence-corrected chi connectivity index (χ1v) is 11.5. The fourth-order valence-electron chi connectivity index (χ4n) is 4.32. The van der Waals surface area contributed by atoms with Gasteiger partial charge in [-0.05, 0) is 61.4 Å². The van der Waals surface area contributed by atoms with Crippen LogP contribution in [0.1, 0.15) is 36.3 Å². The third-order valence-corrected chi connectivity index (χ3v) is 5.97. The average molecular weight is 475 g/mol. The van der Waals surface area contributed by atoms with Crippen molar-refractivity contribution < 1.29 is 33.3 Å². The Kier molecular flexibility index (Phi) is 5.94. The topological polar surface area (TPSA) is 98.4 Å². The quantitative estimate of drug-likeness (QED) is 0.311. The van der Waals surface area contributed by atoms with Gasteiger partial charge in [0.15, 0.2) is 11.5 Å². The van der Waals surface area contributed by atoms with Crippen LogP contribution in [0, 0.1) is 6.92 Å². The minimum Gasteiger partial charge on any atom is -0.507 e. The molecule has 1 saturated heterocycles. The van der Waals surface area contributed by atoms with Crippen LogP contribution in [0.5, 0.6) is 17.2 Å². The van der Waals surface area contributed by atoms with Gasteiger partial charge in [0.05, 0.1) is 18.4 Å². The van der Waals surface area contributed by atoms with E-state index >= 15 is 0 Å². The number of hydrogen-bond donors (Lipinski definition) is 1. The van der Waals surface area contributed by atoms with Crippen molar-refractivity contribution in [2.24, 2.45) is 0 Å². The van der Waals surface area contributed by atoms with Gasteiger partial charge in [0, 0.05) is 17.3 Å². The van der Waals surface area contributed by atoms with Crippen molar-refractivity contribution in [3.8, 4) is 17.2 Å². The van der Waals surface area contributed by atoms with Crippen molar-refractivity contribution in [3.63, 3.8) is 0 Å². The van der Waals surface area contributed by atoms with Crippen molar-refractivity contribution in [2.45, 2.75) is 26.3 Å². The number of carbonyl (C=O) groups is 2. The van der Waals surface area contributed by atoms with Gasteiger partial charge >= 0.3 is 0 Å². The van der Waals surface area contributed by atoms with Crippen molar-refractivity contribution in [1.29, 1.82) is 0 Å². The van der Waals surface area contributed by atoms with E-state index in [9.17, 15) is 14.7 Å². The first kappa shape index (κ1) is 22.6. The van der Waals surface area contributed by atoms with E-state index in [0.29, 0.717) is 54.1 Å². The van der Waals surface area contributed by atoms with Crippen molar-refractivity contribution in [2.75, 3.05) is 24.7 Å². The summed E-state index contributed by atoms with van der Waals surface area (Å²) in [5.41, 5.74) is 1.58. The van der Waals surface area contributed by atoms with E-state index in [-0.39, 0.29) is 11.3 Å². The number of furan rings is 1. The molecule has 0 spiro atoms. The molecule has 1 aromatic heterocycles. The number of rotatable bonds is 6. The highest BCUT2D eigenvalue weighted by molar-refractivity contribution is 6.51. The van der Waals surface area contributed by atoms with Crippen LogP contribution in [0.25, 0.3) is 5.76 Å². The normalized spacial score (nSPS) is 18.7. The van der Waals surface area contributed by atoms with E-state index in [4.69, 9.17) is 18.6 Å². The Morgan fingerprint density at radius 1 is 1.09 bits per heavy atom.